The topological polar surface area (TPSA) is 49.1 Å². The van der Waals surface area contributed by atoms with Crippen LogP contribution in [0.5, 0.6) is 0 Å². The molecular weight excluding hydrogens is 210 g/mol. The van der Waals surface area contributed by atoms with Crippen LogP contribution in [0.25, 0.3) is 11.3 Å². The average Bonchev–Trinajstić information content (AvgIpc) is 2.62. The molecule has 1 unspecified atom stereocenters. The molecule has 0 aliphatic carbocycles. The lowest BCUT2D eigenvalue weighted by Crippen LogP contribution is -1.96. The van der Waals surface area contributed by atoms with Crippen molar-refractivity contribution in [1.29, 1.82) is 0 Å². The fourth-order valence-corrected chi connectivity index (χ4v) is 1.82. The second-order valence-electron chi connectivity index (χ2n) is 3.20. The van der Waals surface area contributed by atoms with E-state index in [0.29, 0.717) is 5.76 Å². The van der Waals surface area contributed by atoms with Gasteiger partial charge >= 0.3 is 5.22 Å². The summed E-state index contributed by atoms with van der Waals surface area (Å²) in [6, 6.07) is 9.72. The first-order chi connectivity index (χ1) is 7.18. The molecule has 0 saturated carbocycles. The maximum absolute atomic E-state index is 11.2. The molecule has 0 aliphatic rings. The van der Waals surface area contributed by atoms with Gasteiger partial charge in [-0.15, -0.1) is 0 Å². The van der Waals surface area contributed by atoms with Crippen molar-refractivity contribution in [2.45, 2.75) is 12.1 Å². The zero-order valence-corrected chi connectivity index (χ0v) is 9.38. The van der Waals surface area contributed by atoms with Crippen LogP contribution in [0.1, 0.15) is 5.76 Å². The van der Waals surface area contributed by atoms with Gasteiger partial charge in [0.05, 0.1) is 0 Å². The first-order valence-electron chi connectivity index (χ1n) is 4.55. The molecule has 1 aromatic carbocycles. The smallest absolute Gasteiger partial charge is 0.415 e. The highest BCUT2D eigenvalue weighted by atomic mass is 32.2. The van der Waals surface area contributed by atoms with Crippen LogP contribution in [0, 0.1) is 6.92 Å². The van der Waals surface area contributed by atoms with Gasteiger partial charge in [0.2, 0.25) is 0 Å². The first kappa shape index (κ1) is 10.3. The third-order valence-corrected chi connectivity index (χ3v) is 2.74. The molecule has 0 radical (unpaired) electrons. The maximum Gasteiger partial charge on any atom is 0.415 e. The number of rotatable bonds is 2. The van der Waals surface area contributed by atoms with Crippen molar-refractivity contribution >= 4 is 11.2 Å². The van der Waals surface area contributed by atoms with E-state index in [9.17, 15) is 4.55 Å². The standard InChI is InChI=1S/C11H11NO2S/c1-8-10(9-6-4-3-5-7-9)12-11(14-8)15(2)13/h3-7H,1-2H3. The molecule has 1 atom stereocenters. The molecule has 0 N–H and O–H groups in total. The van der Waals surface area contributed by atoms with Gasteiger partial charge in [0, 0.05) is 16.7 Å². The molecule has 0 fully saturated rings. The van der Waals surface area contributed by atoms with E-state index in [1.807, 2.05) is 37.3 Å². The maximum atomic E-state index is 11.2. The van der Waals surface area contributed by atoms with Gasteiger partial charge in [-0.25, -0.2) is 0 Å². The predicted molar refractivity (Wildman–Crippen MR) is 59.0 cm³/mol. The second-order valence-corrected chi connectivity index (χ2v) is 4.46. The van der Waals surface area contributed by atoms with Gasteiger partial charge in [-0.3, -0.25) is 0 Å². The van der Waals surface area contributed by atoms with Gasteiger partial charge in [-0.05, 0) is 6.92 Å². The number of hydrogen-bond acceptors (Lipinski definition) is 3. The summed E-state index contributed by atoms with van der Waals surface area (Å²) in [6.45, 7) is 1.83. The quantitative estimate of drug-likeness (QED) is 0.731. The summed E-state index contributed by atoms with van der Waals surface area (Å²) in [5.41, 5.74) is 1.75. The second kappa shape index (κ2) is 4.08. The molecule has 78 valence electrons. The van der Waals surface area contributed by atoms with Crippen molar-refractivity contribution in [2.75, 3.05) is 6.26 Å². The lowest BCUT2D eigenvalue weighted by Gasteiger charge is -1.95. The third kappa shape index (κ3) is 2.06. The minimum absolute atomic E-state index is 0.284. The van der Waals surface area contributed by atoms with Gasteiger partial charge in [-0.1, -0.05) is 30.3 Å². The Labute approximate surface area is 91.3 Å². The van der Waals surface area contributed by atoms with Crippen LogP contribution in [-0.2, 0) is 11.2 Å². The molecule has 0 amide bonds. The Kier molecular flexibility index (Phi) is 2.79. The fraction of sp³-hybridized carbons (Fsp3) is 0.182. The monoisotopic (exact) mass is 221 g/mol. The average molecular weight is 221 g/mol. The highest BCUT2D eigenvalue weighted by molar-refractivity contribution is 7.90. The lowest BCUT2D eigenvalue weighted by atomic mass is 10.1. The number of benzene rings is 1. The van der Waals surface area contributed by atoms with Crippen molar-refractivity contribution in [1.82, 2.24) is 4.98 Å². The number of aromatic nitrogens is 1. The van der Waals surface area contributed by atoms with Crippen molar-refractivity contribution < 1.29 is 8.97 Å². The Morgan fingerprint density at radius 2 is 1.93 bits per heavy atom. The fourth-order valence-electron chi connectivity index (χ4n) is 1.36. The minimum atomic E-state index is -1.17. The summed E-state index contributed by atoms with van der Waals surface area (Å²) in [5.74, 6) is 0.700. The van der Waals surface area contributed by atoms with Crippen LogP contribution < -0.4 is 0 Å². The Hall–Kier alpha value is -1.26. The summed E-state index contributed by atoms with van der Waals surface area (Å²) in [4.78, 5) is 4.21. The molecule has 1 aromatic heterocycles. The molecule has 4 heteroatoms. The zero-order valence-electron chi connectivity index (χ0n) is 8.56. The van der Waals surface area contributed by atoms with Crippen LogP contribution in [-0.4, -0.2) is 15.8 Å². The summed E-state index contributed by atoms with van der Waals surface area (Å²) in [5, 5.41) is 0.284. The highest BCUT2D eigenvalue weighted by Crippen LogP contribution is 2.24. The molecule has 0 aliphatic heterocycles. The van der Waals surface area contributed by atoms with Gasteiger partial charge in [0.25, 0.3) is 0 Å². The normalized spacial score (nSPS) is 12.7. The summed E-state index contributed by atoms with van der Waals surface area (Å²) < 4.78 is 16.5. The molecule has 0 spiro atoms. The largest absolute Gasteiger partial charge is 0.608 e. The Balaban J connectivity index is 2.45. The summed E-state index contributed by atoms with van der Waals surface area (Å²) >= 11 is -1.17. The van der Waals surface area contributed by atoms with Crippen LogP contribution in [0.15, 0.2) is 40.0 Å². The van der Waals surface area contributed by atoms with Gasteiger partial charge in [0.1, 0.15) is 17.7 Å². The van der Waals surface area contributed by atoms with E-state index in [-0.39, 0.29) is 5.22 Å². The number of oxazole rings is 1. The van der Waals surface area contributed by atoms with Crippen LogP contribution >= 0.6 is 0 Å². The molecule has 0 saturated heterocycles. The predicted octanol–water partition coefficient (Wildman–Crippen LogP) is 2.39. The summed E-state index contributed by atoms with van der Waals surface area (Å²) in [7, 11) is 0. The van der Waals surface area contributed by atoms with E-state index < -0.39 is 11.2 Å². The van der Waals surface area contributed by atoms with Crippen molar-refractivity contribution in [3.63, 3.8) is 0 Å². The minimum Gasteiger partial charge on any atom is -0.608 e. The van der Waals surface area contributed by atoms with E-state index in [2.05, 4.69) is 4.98 Å². The van der Waals surface area contributed by atoms with E-state index in [1.54, 1.807) is 6.26 Å². The molecule has 2 aromatic rings. The van der Waals surface area contributed by atoms with Crippen molar-refractivity contribution in [2.24, 2.45) is 0 Å². The molecule has 0 bridgehead atoms. The van der Waals surface area contributed by atoms with Crippen LogP contribution in [0.2, 0.25) is 0 Å². The zero-order chi connectivity index (χ0) is 10.8. The Morgan fingerprint density at radius 1 is 1.27 bits per heavy atom. The molecule has 2 rings (SSSR count). The van der Waals surface area contributed by atoms with E-state index in [4.69, 9.17) is 4.42 Å². The van der Waals surface area contributed by atoms with Crippen molar-refractivity contribution in [3.05, 3.63) is 36.1 Å². The van der Waals surface area contributed by atoms with Crippen LogP contribution in [0.3, 0.4) is 0 Å². The van der Waals surface area contributed by atoms with Gasteiger partial charge < -0.3 is 8.97 Å². The first-order valence-corrected chi connectivity index (χ1v) is 6.10. The number of nitrogens with zero attached hydrogens (tertiary/aromatic N) is 1. The summed E-state index contributed by atoms with van der Waals surface area (Å²) in [6.07, 6.45) is 1.56. The van der Waals surface area contributed by atoms with Crippen molar-refractivity contribution in [3.8, 4) is 11.3 Å². The van der Waals surface area contributed by atoms with E-state index in [0.717, 1.165) is 11.3 Å². The lowest BCUT2D eigenvalue weighted by molar-refractivity contribution is 0.413. The van der Waals surface area contributed by atoms with E-state index in [1.165, 1.54) is 0 Å². The number of hydrogen-bond donors (Lipinski definition) is 0. The third-order valence-electron chi connectivity index (χ3n) is 2.07. The Bertz CT molecular complexity index is 451. The molecular formula is C11H11NO2S. The molecule has 15 heavy (non-hydrogen) atoms. The molecule has 1 heterocycles. The van der Waals surface area contributed by atoms with Crippen LogP contribution in [0.4, 0.5) is 0 Å². The van der Waals surface area contributed by atoms with E-state index >= 15 is 0 Å². The van der Waals surface area contributed by atoms with Gasteiger partial charge in [-0.2, -0.15) is 4.98 Å². The Morgan fingerprint density at radius 3 is 2.47 bits per heavy atom. The van der Waals surface area contributed by atoms with Gasteiger partial charge in [0.15, 0.2) is 0 Å². The SMILES string of the molecule is Cc1oc([S+](C)[O-])nc1-c1ccccc1. The number of aryl methyl sites for hydroxylation is 1. The molecule has 3 nitrogen and oxygen atoms in total. The highest BCUT2D eigenvalue weighted by Gasteiger charge is 2.17.